The van der Waals surface area contributed by atoms with Crippen molar-refractivity contribution in [3.63, 3.8) is 0 Å². The van der Waals surface area contributed by atoms with Crippen LogP contribution >= 0.6 is 0 Å². The molecule has 0 bridgehead atoms. The van der Waals surface area contributed by atoms with Crippen molar-refractivity contribution in [2.24, 2.45) is 0 Å². The topological polar surface area (TPSA) is 62.2 Å². The molecule has 1 aliphatic rings. The lowest BCUT2D eigenvalue weighted by molar-refractivity contribution is -0.126. The molecule has 1 fully saturated rings. The van der Waals surface area contributed by atoms with Crippen LogP contribution in [0.15, 0.2) is 61.6 Å². The highest BCUT2D eigenvalue weighted by atomic mass is 19.1. The zero-order chi connectivity index (χ0) is 22.2. The van der Waals surface area contributed by atoms with E-state index in [0.29, 0.717) is 37.4 Å². The Bertz CT molecular complexity index is 1360. The molecule has 2 aromatic carbocycles. The average molecular weight is 427 g/mol. The van der Waals surface area contributed by atoms with E-state index < -0.39 is 5.82 Å². The minimum atomic E-state index is -0.459. The molecule has 1 saturated heterocycles. The van der Waals surface area contributed by atoms with E-state index in [1.54, 1.807) is 11.1 Å². The number of pyridine rings is 1. The van der Waals surface area contributed by atoms with Crippen molar-refractivity contribution in [1.82, 2.24) is 19.9 Å². The summed E-state index contributed by atoms with van der Waals surface area (Å²) in [6.07, 6.45) is 4.36. The van der Waals surface area contributed by atoms with Gasteiger partial charge in [0.25, 0.3) is 0 Å². The van der Waals surface area contributed by atoms with Crippen LogP contribution in [0.3, 0.4) is 0 Å². The van der Waals surface area contributed by atoms with Gasteiger partial charge in [0, 0.05) is 37.9 Å². The Morgan fingerprint density at radius 1 is 1.06 bits per heavy atom. The molecule has 0 radical (unpaired) electrons. The van der Waals surface area contributed by atoms with Gasteiger partial charge < -0.3 is 9.80 Å². The van der Waals surface area contributed by atoms with E-state index in [-0.39, 0.29) is 17.1 Å². The van der Waals surface area contributed by atoms with Gasteiger partial charge in [0.2, 0.25) is 5.91 Å². The second-order valence-corrected chi connectivity index (χ2v) is 7.93. The molecular formula is C25H22FN5O. The summed E-state index contributed by atoms with van der Waals surface area (Å²) < 4.78 is 15.7. The molecule has 0 spiro atoms. The first kappa shape index (κ1) is 20.1. The minimum Gasteiger partial charge on any atom is -0.352 e. The molecule has 0 aliphatic carbocycles. The zero-order valence-electron chi connectivity index (χ0n) is 17.8. The first-order valence-electron chi connectivity index (χ1n) is 10.5. The third-order valence-corrected chi connectivity index (χ3v) is 5.96. The highest BCUT2D eigenvalue weighted by Crippen LogP contribution is 2.33. The predicted molar refractivity (Wildman–Crippen MR) is 124 cm³/mol. The number of anilines is 1. The van der Waals surface area contributed by atoms with Gasteiger partial charge in [-0.3, -0.25) is 9.78 Å². The lowest BCUT2D eigenvalue weighted by Crippen LogP contribution is -2.48. The van der Waals surface area contributed by atoms with Gasteiger partial charge in [0.1, 0.15) is 23.4 Å². The van der Waals surface area contributed by atoms with E-state index in [4.69, 9.17) is 0 Å². The van der Waals surface area contributed by atoms with Crippen LogP contribution in [-0.2, 0) is 4.79 Å². The number of amides is 1. The zero-order valence-corrected chi connectivity index (χ0v) is 17.8. The predicted octanol–water partition coefficient (Wildman–Crippen LogP) is 4.13. The standard InChI is InChI=1S/C25H22FN5O/c1-3-21(32)30-9-11-31(12-10-30)25-20-14-27-23(22(26)24(20)28-15-29-25)19-6-4-5-17-13-16(2)7-8-18(17)19/h3-8,13-15H,1,9-12H2,2H3. The van der Waals surface area contributed by atoms with E-state index in [2.05, 4.69) is 27.6 Å². The third-order valence-electron chi connectivity index (χ3n) is 5.96. The third kappa shape index (κ3) is 3.36. The molecule has 4 aromatic rings. The Morgan fingerprint density at radius 2 is 1.88 bits per heavy atom. The van der Waals surface area contributed by atoms with Crippen LogP contribution in [0.1, 0.15) is 5.56 Å². The smallest absolute Gasteiger partial charge is 0.246 e. The lowest BCUT2D eigenvalue weighted by atomic mass is 9.99. The van der Waals surface area contributed by atoms with E-state index >= 15 is 4.39 Å². The summed E-state index contributed by atoms with van der Waals surface area (Å²) in [6.45, 7) is 7.88. The Hall–Kier alpha value is -3.87. The summed E-state index contributed by atoms with van der Waals surface area (Å²) in [5.41, 5.74) is 2.40. The molecule has 160 valence electrons. The van der Waals surface area contributed by atoms with Gasteiger partial charge in [-0.2, -0.15) is 0 Å². The summed E-state index contributed by atoms with van der Waals surface area (Å²) >= 11 is 0. The molecule has 5 rings (SSSR count). The van der Waals surface area contributed by atoms with Crippen LogP contribution < -0.4 is 4.90 Å². The number of rotatable bonds is 3. The number of aryl methyl sites for hydroxylation is 1. The summed E-state index contributed by atoms with van der Waals surface area (Å²) in [6, 6.07) is 11.9. The van der Waals surface area contributed by atoms with Crippen molar-refractivity contribution in [2.75, 3.05) is 31.1 Å². The maximum absolute atomic E-state index is 15.7. The number of fused-ring (bicyclic) bond motifs is 2. The number of benzene rings is 2. The van der Waals surface area contributed by atoms with Crippen molar-refractivity contribution < 1.29 is 9.18 Å². The van der Waals surface area contributed by atoms with Crippen molar-refractivity contribution in [3.05, 3.63) is 73.0 Å². The fourth-order valence-corrected chi connectivity index (χ4v) is 4.30. The average Bonchev–Trinajstić information content (AvgIpc) is 2.83. The molecule has 3 heterocycles. The van der Waals surface area contributed by atoms with Crippen molar-refractivity contribution in [1.29, 1.82) is 0 Å². The molecule has 6 nitrogen and oxygen atoms in total. The van der Waals surface area contributed by atoms with Crippen LogP contribution in [-0.4, -0.2) is 51.9 Å². The van der Waals surface area contributed by atoms with Gasteiger partial charge in [0.05, 0.1) is 5.39 Å². The van der Waals surface area contributed by atoms with Crippen molar-refractivity contribution in [3.8, 4) is 11.3 Å². The second-order valence-electron chi connectivity index (χ2n) is 7.93. The molecule has 1 amide bonds. The number of halogens is 1. The van der Waals surface area contributed by atoms with Gasteiger partial charge in [0.15, 0.2) is 5.82 Å². The number of hydrogen-bond donors (Lipinski definition) is 0. The Kier molecular flexibility index (Phi) is 5.01. The first-order valence-corrected chi connectivity index (χ1v) is 10.5. The summed E-state index contributed by atoms with van der Waals surface area (Å²) in [5.74, 6) is 0.0896. The van der Waals surface area contributed by atoms with E-state index in [1.807, 2.05) is 42.2 Å². The fraction of sp³-hybridized carbons (Fsp3) is 0.200. The number of aromatic nitrogens is 3. The monoisotopic (exact) mass is 427 g/mol. The van der Waals surface area contributed by atoms with Gasteiger partial charge in [-0.05, 0) is 23.8 Å². The molecule has 0 unspecified atom stereocenters. The number of carbonyl (C=O) groups excluding carboxylic acids is 1. The molecule has 32 heavy (non-hydrogen) atoms. The van der Waals surface area contributed by atoms with E-state index in [1.165, 1.54) is 12.4 Å². The Morgan fingerprint density at radius 3 is 2.66 bits per heavy atom. The van der Waals surface area contributed by atoms with Crippen LogP contribution in [0, 0.1) is 12.7 Å². The number of carbonyl (C=O) groups is 1. The Balaban J connectivity index is 1.56. The summed E-state index contributed by atoms with van der Waals surface area (Å²) in [4.78, 5) is 28.8. The molecule has 0 N–H and O–H groups in total. The molecule has 2 aromatic heterocycles. The van der Waals surface area contributed by atoms with Crippen LogP contribution in [0.25, 0.3) is 32.9 Å². The fourth-order valence-electron chi connectivity index (χ4n) is 4.30. The normalized spacial score (nSPS) is 14.2. The largest absolute Gasteiger partial charge is 0.352 e. The molecule has 0 saturated carbocycles. The lowest BCUT2D eigenvalue weighted by Gasteiger charge is -2.35. The highest BCUT2D eigenvalue weighted by Gasteiger charge is 2.24. The minimum absolute atomic E-state index is 0.0835. The highest BCUT2D eigenvalue weighted by molar-refractivity contribution is 5.99. The number of piperazine rings is 1. The first-order chi connectivity index (χ1) is 15.6. The van der Waals surface area contributed by atoms with Crippen molar-refractivity contribution >= 4 is 33.4 Å². The summed E-state index contributed by atoms with van der Waals surface area (Å²) in [7, 11) is 0. The van der Waals surface area contributed by atoms with E-state index in [9.17, 15) is 4.79 Å². The number of hydrogen-bond acceptors (Lipinski definition) is 5. The van der Waals surface area contributed by atoms with Crippen LogP contribution in [0.2, 0.25) is 0 Å². The maximum atomic E-state index is 15.7. The second kappa shape index (κ2) is 8.00. The van der Waals surface area contributed by atoms with E-state index in [0.717, 1.165) is 21.9 Å². The summed E-state index contributed by atoms with van der Waals surface area (Å²) in [5, 5.41) is 2.55. The van der Waals surface area contributed by atoms with Gasteiger partial charge >= 0.3 is 0 Å². The van der Waals surface area contributed by atoms with Gasteiger partial charge in [-0.15, -0.1) is 0 Å². The molecular weight excluding hydrogens is 405 g/mol. The van der Waals surface area contributed by atoms with Gasteiger partial charge in [-0.25, -0.2) is 14.4 Å². The molecule has 0 atom stereocenters. The SMILES string of the molecule is C=CC(=O)N1CCN(c2ncnc3c(F)c(-c4cccc5cc(C)ccc45)ncc23)CC1. The quantitative estimate of drug-likeness (QED) is 0.460. The van der Waals surface area contributed by atoms with Crippen molar-refractivity contribution in [2.45, 2.75) is 6.92 Å². The molecule has 1 aliphatic heterocycles. The Labute approximate surface area is 185 Å². The number of nitrogens with zero attached hydrogens (tertiary/aromatic N) is 5. The van der Waals surface area contributed by atoms with Gasteiger partial charge in [-0.1, -0.05) is 48.5 Å². The van der Waals surface area contributed by atoms with Crippen LogP contribution in [0.4, 0.5) is 10.2 Å². The maximum Gasteiger partial charge on any atom is 0.246 e. The molecule has 7 heteroatoms. The van der Waals surface area contributed by atoms with Crippen LogP contribution in [0.5, 0.6) is 0 Å².